The van der Waals surface area contributed by atoms with Crippen LogP contribution in [0.15, 0.2) is 60.8 Å². The molecule has 2 aromatic carbocycles. The molecule has 0 saturated carbocycles. The van der Waals surface area contributed by atoms with E-state index in [0.29, 0.717) is 23.6 Å². The lowest BCUT2D eigenvalue weighted by atomic mass is 10.1. The molecule has 0 aliphatic rings. The number of benzene rings is 2. The van der Waals surface area contributed by atoms with Crippen LogP contribution >= 0.6 is 0 Å². The van der Waals surface area contributed by atoms with Gasteiger partial charge in [0.1, 0.15) is 17.9 Å². The van der Waals surface area contributed by atoms with Crippen LogP contribution in [0.3, 0.4) is 0 Å². The fourth-order valence-electron chi connectivity index (χ4n) is 2.84. The van der Waals surface area contributed by atoms with E-state index < -0.39 is 16.5 Å². The van der Waals surface area contributed by atoms with Gasteiger partial charge >= 0.3 is 0 Å². The summed E-state index contributed by atoms with van der Waals surface area (Å²) < 4.78 is 15.7. The average Bonchev–Trinajstić information content (AvgIpc) is 2.83. The van der Waals surface area contributed by atoms with Gasteiger partial charge in [0.05, 0.1) is 24.7 Å². The zero-order valence-corrected chi connectivity index (χ0v) is 18.0. The second-order valence-corrected chi connectivity index (χ2v) is 6.62. The standard InChI is InChI=1S/C24H21N3O6/c1-31-12-13-33-23-16-21(27(29)30)20(15-22(23)32-2)24(28)26-19-8-5-6-17(14-19)9-10-18-7-3-4-11-25-18/h3-8,11,14-16H,12-13H2,1-2H3,(H,26,28). The molecule has 1 amide bonds. The normalized spacial score (nSPS) is 10.0. The van der Waals surface area contributed by atoms with E-state index in [-0.39, 0.29) is 23.7 Å². The van der Waals surface area contributed by atoms with Gasteiger partial charge in [0.25, 0.3) is 11.6 Å². The van der Waals surface area contributed by atoms with E-state index in [0.717, 1.165) is 6.07 Å². The Morgan fingerprint density at radius 2 is 1.91 bits per heavy atom. The van der Waals surface area contributed by atoms with Crippen molar-refractivity contribution in [3.8, 4) is 23.3 Å². The van der Waals surface area contributed by atoms with Crippen molar-refractivity contribution in [1.82, 2.24) is 4.98 Å². The maximum atomic E-state index is 12.9. The summed E-state index contributed by atoms with van der Waals surface area (Å²) >= 11 is 0. The maximum Gasteiger partial charge on any atom is 0.286 e. The number of amides is 1. The molecule has 0 spiro atoms. The summed E-state index contributed by atoms with van der Waals surface area (Å²) in [6, 6.07) is 14.7. The molecule has 0 aliphatic carbocycles. The van der Waals surface area contributed by atoms with Crippen molar-refractivity contribution in [3.63, 3.8) is 0 Å². The molecule has 0 fully saturated rings. The van der Waals surface area contributed by atoms with Crippen molar-refractivity contribution >= 4 is 17.3 Å². The molecule has 0 unspecified atom stereocenters. The van der Waals surface area contributed by atoms with Crippen molar-refractivity contribution in [2.75, 3.05) is 32.8 Å². The van der Waals surface area contributed by atoms with Gasteiger partial charge in [-0.25, -0.2) is 4.98 Å². The second-order valence-electron chi connectivity index (χ2n) is 6.62. The van der Waals surface area contributed by atoms with E-state index in [1.807, 2.05) is 6.07 Å². The number of nitrogens with one attached hydrogen (secondary N) is 1. The number of hydrogen-bond acceptors (Lipinski definition) is 7. The van der Waals surface area contributed by atoms with Crippen molar-refractivity contribution in [2.24, 2.45) is 0 Å². The largest absolute Gasteiger partial charge is 0.493 e. The van der Waals surface area contributed by atoms with E-state index in [9.17, 15) is 14.9 Å². The average molecular weight is 447 g/mol. The Morgan fingerprint density at radius 3 is 2.61 bits per heavy atom. The fourth-order valence-corrected chi connectivity index (χ4v) is 2.84. The first-order valence-corrected chi connectivity index (χ1v) is 9.84. The molecule has 0 radical (unpaired) electrons. The molecule has 9 heteroatoms. The number of hydrogen-bond donors (Lipinski definition) is 1. The fraction of sp³-hybridized carbons (Fsp3) is 0.167. The van der Waals surface area contributed by atoms with Gasteiger partial charge in [-0.3, -0.25) is 14.9 Å². The molecule has 0 atom stereocenters. The van der Waals surface area contributed by atoms with Crippen LogP contribution in [0, 0.1) is 22.0 Å². The molecule has 33 heavy (non-hydrogen) atoms. The minimum Gasteiger partial charge on any atom is -0.493 e. The summed E-state index contributed by atoms with van der Waals surface area (Å²) in [5.41, 5.74) is 1.11. The van der Waals surface area contributed by atoms with Gasteiger partial charge < -0.3 is 19.5 Å². The third-order valence-electron chi connectivity index (χ3n) is 4.39. The minimum absolute atomic E-state index is 0.143. The molecule has 168 valence electrons. The molecule has 0 aliphatic heterocycles. The quantitative estimate of drug-likeness (QED) is 0.243. The highest BCUT2D eigenvalue weighted by molar-refractivity contribution is 6.07. The molecular formula is C24H21N3O6. The molecule has 0 bridgehead atoms. The molecule has 1 aromatic heterocycles. The number of aromatic nitrogens is 1. The third-order valence-corrected chi connectivity index (χ3v) is 4.39. The first kappa shape index (κ1) is 23.2. The van der Waals surface area contributed by atoms with E-state index >= 15 is 0 Å². The highest BCUT2D eigenvalue weighted by atomic mass is 16.6. The molecule has 0 saturated heterocycles. The van der Waals surface area contributed by atoms with Crippen molar-refractivity contribution in [2.45, 2.75) is 0 Å². The van der Waals surface area contributed by atoms with E-state index in [1.54, 1.807) is 42.6 Å². The van der Waals surface area contributed by atoms with Crippen LogP contribution in [0.4, 0.5) is 11.4 Å². The molecule has 9 nitrogen and oxygen atoms in total. The maximum absolute atomic E-state index is 12.9. The number of carbonyl (C=O) groups excluding carboxylic acids is 1. The number of pyridine rings is 1. The summed E-state index contributed by atoms with van der Waals surface area (Å²) in [4.78, 5) is 28.0. The Hall–Kier alpha value is -4.42. The SMILES string of the molecule is COCCOc1cc([N+](=O)[O-])c(C(=O)Nc2cccc(C#Cc3ccccn3)c2)cc1OC. The van der Waals surface area contributed by atoms with Gasteiger partial charge in [0.15, 0.2) is 11.5 Å². The van der Waals surface area contributed by atoms with Gasteiger partial charge in [0, 0.05) is 30.6 Å². The van der Waals surface area contributed by atoms with Crippen LogP contribution in [0.2, 0.25) is 0 Å². The Labute approximate surface area is 190 Å². The Kier molecular flexibility index (Phi) is 7.94. The van der Waals surface area contributed by atoms with Gasteiger partial charge in [-0.1, -0.05) is 18.1 Å². The molecular weight excluding hydrogens is 426 g/mol. The lowest BCUT2D eigenvalue weighted by Gasteiger charge is -2.13. The first-order valence-electron chi connectivity index (χ1n) is 9.84. The predicted octanol–water partition coefficient (Wildman–Crippen LogP) is 3.68. The summed E-state index contributed by atoms with van der Waals surface area (Å²) in [5.74, 6) is 5.58. The number of nitrogens with zero attached hydrogens (tertiary/aromatic N) is 2. The number of methoxy groups -OCH3 is 2. The number of ether oxygens (including phenoxy) is 3. The summed E-state index contributed by atoms with van der Waals surface area (Å²) in [7, 11) is 2.89. The van der Waals surface area contributed by atoms with Crippen LogP contribution in [0.1, 0.15) is 21.6 Å². The zero-order valence-electron chi connectivity index (χ0n) is 18.0. The molecule has 1 heterocycles. The van der Waals surface area contributed by atoms with Crippen molar-refractivity contribution < 1.29 is 23.9 Å². The number of nitro benzene ring substituents is 1. The highest BCUT2D eigenvalue weighted by Crippen LogP contribution is 2.35. The van der Waals surface area contributed by atoms with Crippen LogP contribution in [0.5, 0.6) is 11.5 Å². The topological polar surface area (TPSA) is 113 Å². The summed E-state index contributed by atoms with van der Waals surface area (Å²) in [6.07, 6.45) is 1.65. The monoisotopic (exact) mass is 447 g/mol. The molecule has 1 N–H and O–H groups in total. The van der Waals surface area contributed by atoms with Crippen LogP contribution in [-0.4, -0.2) is 43.2 Å². The highest BCUT2D eigenvalue weighted by Gasteiger charge is 2.25. The minimum atomic E-state index is -0.668. The molecule has 3 aromatic rings. The van der Waals surface area contributed by atoms with Crippen LogP contribution in [-0.2, 0) is 4.74 Å². The summed E-state index contributed by atoms with van der Waals surface area (Å²) in [5, 5.41) is 14.3. The number of nitro groups is 1. The van der Waals surface area contributed by atoms with Gasteiger partial charge in [-0.05, 0) is 36.3 Å². The smallest absolute Gasteiger partial charge is 0.286 e. The Bertz CT molecular complexity index is 1200. The predicted molar refractivity (Wildman–Crippen MR) is 122 cm³/mol. The van der Waals surface area contributed by atoms with Gasteiger partial charge in [-0.15, -0.1) is 0 Å². The number of carbonyl (C=O) groups is 1. The second kappa shape index (κ2) is 11.3. The first-order chi connectivity index (χ1) is 16.0. The van der Waals surface area contributed by atoms with Crippen molar-refractivity contribution in [3.05, 3.63) is 87.7 Å². The lowest BCUT2D eigenvalue weighted by molar-refractivity contribution is -0.385. The number of rotatable bonds is 8. The van der Waals surface area contributed by atoms with Crippen LogP contribution < -0.4 is 14.8 Å². The van der Waals surface area contributed by atoms with Crippen LogP contribution in [0.25, 0.3) is 0 Å². The summed E-state index contributed by atoms with van der Waals surface area (Å²) in [6.45, 7) is 0.459. The van der Waals surface area contributed by atoms with E-state index in [4.69, 9.17) is 14.2 Å². The number of anilines is 1. The molecule has 3 rings (SSSR count). The lowest BCUT2D eigenvalue weighted by Crippen LogP contribution is -2.15. The Balaban J connectivity index is 1.85. The van der Waals surface area contributed by atoms with Gasteiger partial charge in [0.2, 0.25) is 0 Å². The van der Waals surface area contributed by atoms with Crippen molar-refractivity contribution in [1.29, 1.82) is 0 Å². The van der Waals surface area contributed by atoms with E-state index in [1.165, 1.54) is 20.3 Å². The van der Waals surface area contributed by atoms with Gasteiger partial charge in [-0.2, -0.15) is 0 Å². The zero-order chi connectivity index (χ0) is 23.6. The Morgan fingerprint density at radius 1 is 1.06 bits per heavy atom. The third kappa shape index (κ3) is 6.29. The van der Waals surface area contributed by atoms with E-state index in [2.05, 4.69) is 22.1 Å².